The number of anilines is 1. The summed E-state index contributed by atoms with van der Waals surface area (Å²) in [4.78, 5) is 28.2. The minimum atomic E-state index is -0.254. The zero-order valence-corrected chi connectivity index (χ0v) is 13.8. The molecule has 0 spiro atoms. The molecule has 5 nitrogen and oxygen atoms in total. The Bertz CT molecular complexity index is 549. The summed E-state index contributed by atoms with van der Waals surface area (Å²) in [5.74, 6) is -0.254. The van der Waals surface area contributed by atoms with E-state index >= 15 is 0 Å². The number of amides is 2. The minimum absolute atomic E-state index is 0.0257. The SMILES string of the molecule is Cc1cc(C)cc(N2C[C@@H](C(=O)NCCN(C)C)CC2=O)c1. The first-order chi connectivity index (χ1) is 10.4. The highest BCUT2D eigenvalue weighted by Crippen LogP contribution is 2.26. The maximum Gasteiger partial charge on any atom is 0.227 e. The number of rotatable bonds is 5. The minimum Gasteiger partial charge on any atom is -0.355 e. The molecule has 1 saturated heterocycles. The van der Waals surface area contributed by atoms with Crippen LogP contribution in [0.25, 0.3) is 0 Å². The Kier molecular flexibility index (Phi) is 5.19. The molecular formula is C17H25N3O2. The Balaban J connectivity index is 1.99. The quantitative estimate of drug-likeness (QED) is 0.893. The fraction of sp³-hybridized carbons (Fsp3) is 0.529. The van der Waals surface area contributed by atoms with E-state index in [0.29, 0.717) is 19.5 Å². The van der Waals surface area contributed by atoms with Gasteiger partial charge in [-0.05, 0) is 51.2 Å². The molecule has 0 aliphatic carbocycles. The molecule has 0 bridgehead atoms. The molecule has 1 N–H and O–H groups in total. The maximum atomic E-state index is 12.2. The molecular weight excluding hydrogens is 278 g/mol. The van der Waals surface area contributed by atoms with Gasteiger partial charge >= 0.3 is 0 Å². The maximum absolute atomic E-state index is 12.2. The summed E-state index contributed by atoms with van der Waals surface area (Å²) in [5, 5.41) is 2.91. The highest BCUT2D eigenvalue weighted by atomic mass is 16.2. The fourth-order valence-corrected chi connectivity index (χ4v) is 2.79. The predicted molar refractivity (Wildman–Crippen MR) is 87.9 cm³/mol. The molecule has 0 unspecified atom stereocenters. The third-order valence-corrected chi connectivity index (χ3v) is 3.87. The van der Waals surface area contributed by atoms with Gasteiger partial charge in [-0.2, -0.15) is 0 Å². The standard InChI is InChI=1S/C17H25N3O2/c1-12-7-13(2)9-15(8-12)20-11-14(10-16(20)21)17(22)18-5-6-19(3)4/h7-9,14H,5-6,10-11H2,1-4H3,(H,18,22)/t14-/m0/s1. The molecule has 0 aromatic heterocycles. The van der Waals surface area contributed by atoms with Crippen LogP contribution in [0.15, 0.2) is 18.2 Å². The largest absolute Gasteiger partial charge is 0.355 e. The number of hydrogen-bond donors (Lipinski definition) is 1. The van der Waals surface area contributed by atoms with Crippen LogP contribution in [0, 0.1) is 19.8 Å². The van der Waals surface area contributed by atoms with Crippen molar-refractivity contribution in [1.82, 2.24) is 10.2 Å². The number of carbonyl (C=O) groups excluding carboxylic acids is 2. The van der Waals surface area contributed by atoms with Crippen molar-refractivity contribution in [3.63, 3.8) is 0 Å². The van der Waals surface area contributed by atoms with Gasteiger partial charge in [0.25, 0.3) is 0 Å². The normalized spacial score (nSPS) is 18.1. The second-order valence-electron chi connectivity index (χ2n) is 6.35. The molecule has 1 atom stereocenters. The van der Waals surface area contributed by atoms with Crippen molar-refractivity contribution in [2.45, 2.75) is 20.3 Å². The van der Waals surface area contributed by atoms with Crippen molar-refractivity contribution in [2.24, 2.45) is 5.92 Å². The van der Waals surface area contributed by atoms with Gasteiger partial charge in [0.1, 0.15) is 0 Å². The van der Waals surface area contributed by atoms with Crippen molar-refractivity contribution in [3.8, 4) is 0 Å². The van der Waals surface area contributed by atoms with Crippen molar-refractivity contribution in [3.05, 3.63) is 29.3 Å². The van der Waals surface area contributed by atoms with E-state index in [2.05, 4.69) is 11.4 Å². The van der Waals surface area contributed by atoms with Gasteiger partial charge < -0.3 is 15.1 Å². The molecule has 1 aliphatic heterocycles. The molecule has 2 amide bonds. The highest BCUT2D eigenvalue weighted by Gasteiger charge is 2.35. The van der Waals surface area contributed by atoms with E-state index < -0.39 is 0 Å². The smallest absolute Gasteiger partial charge is 0.227 e. The number of hydrogen-bond acceptors (Lipinski definition) is 3. The van der Waals surface area contributed by atoms with E-state index in [1.807, 2.05) is 45.0 Å². The lowest BCUT2D eigenvalue weighted by molar-refractivity contribution is -0.126. The van der Waals surface area contributed by atoms with Crippen molar-refractivity contribution < 1.29 is 9.59 Å². The van der Waals surface area contributed by atoms with E-state index in [1.165, 1.54) is 0 Å². The summed E-state index contributed by atoms with van der Waals surface area (Å²) in [5.41, 5.74) is 3.15. The first-order valence-corrected chi connectivity index (χ1v) is 7.68. The molecule has 1 heterocycles. The Morgan fingerprint density at radius 1 is 1.27 bits per heavy atom. The predicted octanol–water partition coefficient (Wildman–Crippen LogP) is 1.33. The van der Waals surface area contributed by atoms with E-state index in [0.717, 1.165) is 23.4 Å². The molecule has 1 fully saturated rings. The summed E-state index contributed by atoms with van der Waals surface area (Å²) in [6.45, 7) is 5.91. The van der Waals surface area contributed by atoms with Gasteiger partial charge in [-0.25, -0.2) is 0 Å². The topological polar surface area (TPSA) is 52.7 Å². The van der Waals surface area contributed by atoms with E-state index in [1.54, 1.807) is 4.90 Å². The number of benzene rings is 1. The van der Waals surface area contributed by atoms with Gasteiger partial charge in [-0.1, -0.05) is 6.07 Å². The van der Waals surface area contributed by atoms with E-state index in [-0.39, 0.29) is 17.7 Å². The van der Waals surface area contributed by atoms with Crippen LogP contribution in [-0.2, 0) is 9.59 Å². The first-order valence-electron chi connectivity index (χ1n) is 7.68. The second kappa shape index (κ2) is 6.92. The average Bonchev–Trinajstić information content (AvgIpc) is 2.79. The highest BCUT2D eigenvalue weighted by molar-refractivity contribution is 6.00. The Morgan fingerprint density at radius 3 is 2.50 bits per heavy atom. The Morgan fingerprint density at radius 2 is 1.91 bits per heavy atom. The molecule has 2 rings (SSSR count). The van der Waals surface area contributed by atoms with Crippen molar-refractivity contribution in [1.29, 1.82) is 0 Å². The zero-order valence-electron chi connectivity index (χ0n) is 13.8. The van der Waals surface area contributed by atoms with Crippen LogP contribution in [0.1, 0.15) is 17.5 Å². The van der Waals surface area contributed by atoms with Gasteiger partial charge in [0, 0.05) is 31.7 Å². The Labute approximate surface area is 132 Å². The van der Waals surface area contributed by atoms with Crippen LogP contribution in [0.4, 0.5) is 5.69 Å². The van der Waals surface area contributed by atoms with Crippen LogP contribution in [0.3, 0.4) is 0 Å². The molecule has 22 heavy (non-hydrogen) atoms. The van der Waals surface area contributed by atoms with Gasteiger partial charge in [-0.15, -0.1) is 0 Å². The van der Waals surface area contributed by atoms with E-state index in [9.17, 15) is 9.59 Å². The van der Waals surface area contributed by atoms with Crippen LogP contribution < -0.4 is 10.2 Å². The number of aryl methyl sites for hydroxylation is 2. The van der Waals surface area contributed by atoms with Crippen LogP contribution >= 0.6 is 0 Å². The molecule has 1 aromatic rings. The molecule has 1 aromatic carbocycles. The Hall–Kier alpha value is -1.88. The molecule has 0 saturated carbocycles. The van der Waals surface area contributed by atoms with Gasteiger partial charge in [0.2, 0.25) is 11.8 Å². The lowest BCUT2D eigenvalue weighted by Crippen LogP contribution is -2.36. The van der Waals surface area contributed by atoms with E-state index in [4.69, 9.17) is 0 Å². The zero-order chi connectivity index (χ0) is 16.3. The summed E-state index contributed by atoms with van der Waals surface area (Å²) in [6.07, 6.45) is 0.292. The summed E-state index contributed by atoms with van der Waals surface area (Å²) in [6, 6.07) is 6.07. The number of carbonyl (C=O) groups is 2. The summed E-state index contributed by atoms with van der Waals surface area (Å²) in [7, 11) is 3.93. The first kappa shape index (κ1) is 16.5. The van der Waals surface area contributed by atoms with Crippen molar-refractivity contribution in [2.75, 3.05) is 38.6 Å². The third-order valence-electron chi connectivity index (χ3n) is 3.87. The monoisotopic (exact) mass is 303 g/mol. The summed E-state index contributed by atoms with van der Waals surface area (Å²) >= 11 is 0. The fourth-order valence-electron chi connectivity index (χ4n) is 2.79. The van der Waals surface area contributed by atoms with Crippen LogP contribution in [-0.4, -0.2) is 50.4 Å². The van der Waals surface area contributed by atoms with Crippen molar-refractivity contribution >= 4 is 17.5 Å². The molecule has 0 radical (unpaired) electrons. The third kappa shape index (κ3) is 4.07. The number of nitrogens with one attached hydrogen (secondary N) is 1. The lowest BCUT2D eigenvalue weighted by atomic mass is 10.1. The van der Waals surface area contributed by atoms with Gasteiger partial charge in [0.15, 0.2) is 0 Å². The lowest BCUT2D eigenvalue weighted by Gasteiger charge is -2.18. The number of nitrogens with zero attached hydrogens (tertiary/aromatic N) is 2. The molecule has 1 aliphatic rings. The van der Waals surface area contributed by atoms with Crippen LogP contribution in [0.5, 0.6) is 0 Å². The second-order valence-corrected chi connectivity index (χ2v) is 6.35. The van der Waals surface area contributed by atoms with Gasteiger partial charge in [-0.3, -0.25) is 9.59 Å². The molecule has 5 heteroatoms. The summed E-state index contributed by atoms with van der Waals surface area (Å²) < 4.78 is 0. The number of likely N-dealkylation sites (N-methyl/N-ethyl adjacent to an activating group) is 1. The van der Waals surface area contributed by atoms with Crippen LogP contribution in [0.2, 0.25) is 0 Å². The average molecular weight is 303 g/mol. The molecule has 120 valence electrons. The van der Waals surface area contributed by atoms with Gasteiger partial charge in [0.05, 0.1) is 5.92 Å².